The van der Waals surface area contributed by atoms with E-state index in [0.29, 0.717) is 12.4 Å². The third-order valence-corrected chi connectivity index (χ3v) is 3.30. The molecule has 0 aliphatic carbocycles. The lowest BCUT2D eigenvalue weighted by molar-refractivity contribution is 0.300. The Hall–Kier alpha value is -2.37. The lowest BCUT2D eigenvalue weighted by Crippen LogP contribution is -2.07. The molecular formula is C14H19N5O. The van der Waals surface area contributed by atoms with Crippen LogP contribution in [-0.2, 0) is 13.0 Å². The second kappa shape index (κ2) is 5.73. The van der Waals surface area contributed by atoms with E-state index in [1.54, 1.807) is 0 Å². The Bertz CT molecular complexity index is 627. The van der Waals surface area contributed by atoms with E-state index >= 15 is 0 Å². The summed E-state index contributed by atoms with van der Waals surface area (Å²) < 4.78 is 5.63. The predicted octanol–water partition coefficient (Wildman–Crippen LogP) is 1.79. The topological polar surface area (TPSA) is 99.9 Å². The molecule has 0 saturated carbocycles. The normalized spacial score (nSPS) is 10.6. The number of ether oxygens (including phenoxy) is 1. The fraction of sp³-hybridized carbons (Fsp3) is 0.357. The first-order valence-electron chi connectivity index (χ1n) is 6.47. The van der Waals surface area contributed by atoms with Crippen molar-refractivity contribution in [3.8, 4) is 5.75 Å². The number of nitrogens with zero attached hydrogens (tertiary/aromatic N) is 3. The average molecular weight is 273 g/mol. The molecule has 0 aliphatic heterocycles. The zero-order valence-corrected chi connectivity index (χ0v) is 12.0. The SMILES string of the molecule is CCc1c(C)cnc(COc2cnc(N)nc2N)c1C. The summed E-state index contributed by atoms with van der Waals surface area (Å²) in [6.07, 6.45) is 4.32. The quantitative estimate of drug-likeness (QED) is 0.881. The van der Waals surface area contributed by atoms with Crippen molar-refractivity contribution in [1.29, 1.82) is 0 Å². The number of nitrogen functional groups attached to an aromatic ring is 2. The monoisotopic (exact) mass is 273 g/mol. The molecule has 0 aromatic carbocycles. The molecule has 20 heavy (non-hydrogen) atoms. The van der Waals surface area contributed by atoms with Crippen LogP contribution < -0.4 is 16.2 Å². The highest BCUT2D eigenvalue weighted by Gasteiger charge is 2.10. The molecule has 0 spiro atoms. The molecule has 2 aromatic heterocycles. The van der Waals surface area contributed by atoms with Crippen LogP contribution in [0.15, 0.2) is 12.4 Å². The second-order valence-electron chi connectivity index (χ2n) is 4.61. The molecule has 2 heterocycles. The molecule has 6 nitrogen and oxygen atoms in total. The van der Waals surface area contributed by atoms with E-state index in [1.165, 1.54) is 17.3 Å². The standard InChI is InChI=1S/C14H19N5O/c1-4-10-8(2)5-17-11(9(10)3)7-20-12-6-18-14(16)19-13(12)15/h5-6H,4,7H2,1-3H3,(H4,15,16,18,19). The van der Waals surface area contributed by atoms with E-state index in [0.717, 1.165) is 17.7 Å². The number of nitrogens with two attached hydrogens (primary N) is 2. The van der Waals surface area contributed by atoms with Gasteiger partial charge in [0, 0.05) is 6.20 Å². The van der Waals surface area contributed by atoms with Gasteiger partial charge in [-0.05, 0) is 37.0 Å². The van der Waals surface area contributed by atoms with Crippen LogP contribution in [0.25, 0.3) is 0 Å². The highest BCUT2D eigenvalue weighted by molar-refractivity contribution is 5.47. The minimum atomic E-state index is 0.132. The largest absolute Gasteiger partial charge is 0.482 e. The van der Waals surface area contributed by atoms with Crippen molar-refractivity contribution < 1.29 is 4.74 Å². The van der Waals surface area contributed by atoms with Crippen LogP contribution in [0, 0.1) is 13.8 Å². The van der Waals surface area contributed by atoms with Gasteiger partial charge in [-0.2, -0.15) is 4.98 Å². The van der Waals surface area contributed by atoms with E-state index in [2.05, 4.69) is 35.7 Å². The highest BCUT2D eigenvalue weighted by Crippen LogP contribution is 2.21. The van der Waals surface area contributed by atoms with Gasteiger partial charge in [-0.1, -0.05) is 6.92 Å². The Balaban J connectivity index is 2.19. The smallest absolute Gasteiger partial charge is 0.222 e. The molecule has 0 radical (unpaired) electrons. The zero-order valence-electron chi connectivity index (χ0n) is 12.0. The van der Waals surface area contributed by atoms with Crippen LogP contribution in [0.4, 0.5) is 11.8 Å². The van der Waals surface area contributed by atoms with E-state index in [9.17, 15) is 0 Å². The first-order chi connectivity index (χ1) is 9.52. The number of aromatic nitrogens is 3. The van der Waals surface area contributed by atoms with Crippen molar-refractivity contribution in [2.24, 2.45) is 0 Å². The van der Waals surface area contributed by atoms with Gasteiger partial charge in [-0.15, -0.1) is 0 Å². The van der Waals surface area contributed by atoms with Crippen LogP contribution in [-0.4, -0.2) is 15.0 Å². The fourth-order valence-corrected chi connectivity index (χ4v) is 2.16. The molecule has 106 valence electrons. The average Bonchev–Trinajstić information content (AvgIpc) is 2.40. The first kappa shape index (κ1) is 14.0. The molecule has 2 rings (SSSR count). The van der Waals surface area contributed by atoms with Crippen LogP contribution in [0.1, 0.15) is 29.3 Å². The van der Waals surface area contributed by atoms with E-state index in [-0.39, 0.29) is 11.8 Å². The first-order valence-corrected chi connectivity index (χ1v) is 6.47. The maximum Gasteiger partial charge on any atom is 0.222 e. The molecule has 0 saturated heterocycles. The molecule has 0 unspecified atom stereocenters. The minimum absolute atomic E-state index is 0.132. The Labute approximate surface area is 118 Å². The summed E-state index contributed by atoms with van der Waals surface area (Å²) >= 11 is 0. The van der Waals surface area contributed by atoms with Gasteiger partial charge >= 0.3 is 0 Å². The van der Waals surface area contributed by atoms with E-state index < -0.39 is 0 Å². The van der Waals surface area contributed by atoms with Crippen molar-refractivity contribution >= 4 is 11.8 Å². The van der Waals surface area contributed by atoms with Crippen molar-refractivity contribution in [2.45, 2.75) is 33.8 Å². The molecule has 0 atom stereocenters. The highest BCUT2D eigenvalue weighted by atomic mass is 16.5. The molecular weight excluding hydrogens is 254 g/mol. The van der Waals surface area contributed by atoms with Gasteiger partial charge in [0.2, 0.25) is 5.95 Å². The molecule has 2 aromatic rings. The van der Waals surface area contributed by atoms with Crippen molar-refractivity contribution in [3.05, 3.63) is 34.8 Å². The Morgan fingerprint density at radius 2 is 1.90 bits per heavy atom. The number of hydrogen-bond donors (Lipinski definition) is 2. The third-order valence-electron chi connectivity index (χ3n) is 3.30. The number of pyridine rings is 1. The van der Waals surface area contributed by atoms with Gasteiger partial charge in [0.05, 0.1) is 11.9 Å². The summed E-state index contributed by atoms with van der Waals surface area (Å²) in [7, 11) is 0. The van der Waals surface area contributed by atoms with Crippen molar-refractivity contribution in [3.63, 3.8) is 0 Å². The van der Waals surface area contributed by atoms with Gasteiger partial charge in [-0.25, -0.2) is 4.98 Å². The fourth-order valence-electron chi connectivity index (χ4n) is 2.16. The van der Waals surface area contributed by atoms with Crippen LogP contribution in [0.3, 0.4) is 0 Å². The van der Waals surface area contributed by atoms with E-state index in [4.69, 9.17) is 16.2 Å². The summed E-state index contributed by atoms with van der Waals surface area (Å²) in [5.41, 5.74) is 15.7. The lowest BCUT2D eigenvalue weighted by Gasteiger charge is -2.13. The summed E-state index contributed by atoms with van der Waals surface area (Å²) in [5, 5.41) is 0. The Morgan fingerprint density at radius 1 is 1.15 bits per heavy atom. The predicted molar refractivity (Wildman–Crippen MR) is 78.3 cm³/mol. The summed E-state index contributed by atoms with van der Waals surface area (Å²) in [5.74, 6) is 0.782. The molecule has 0 amide bonds. The summed E-state index contributed by atoms with van der Waals surface area (Å²) in [6.45, 7) is 6.58. The maximum atomic E-state index is 5.73. The zero-order chi connectivity index (χ0) is 14.7. The summed E-state index contributed by atoms with van der Waals surface area (Å²) in [4.78, 5) is 12.1. The molecule has 0 bridgehead atoms. The van der Waals surface area contributed by atoms with Gasteiger partial charge in [-0.3, -0.25) is 4.98 Å². The van der Waals surface area contributed by atoms with Gasteiger partial charge in [0.15, 0.2) is 11.6 Å². The number of rotatable bonds is 4. The van der Waals surface area contributed by atoms with Crippen molar-refractivity contribution in [2.75, 3.05) is 11.5 Å². The molecule has 0 aliphatic rings. The number of aryl methyl sites for hydroxylation is 1. The van der Waals surface area contributed by atoms with Crippen LogP contribution in [0.2, 0.25) is 0 Å². The maximum absolute atomic E-state index is 5.73. The molecule has 4 N–H and O–H groups in total. The lowest BCUT2D eigenvalue weighted by atomic mass is 10.0. The van der Waals surface area contributed by atoms with Gasteiger partial charge in [0.25, 0.3) is 0 Å². The van der Waals surface area contributed by atoms with Crippen LogP contribution in [0.5, 0.6) is 5.75 Å². The van der Waals surface area contributed by atoms with E-state index in [1.807, 2.05) is 6.20 Å². The van der Waals surface area contributed by atoms with Crippen LogP contribution >= 0.6 is 0 Å². The van der Waals surface area contributed by atoms with Gasteiger partial charge in [0.1, 0.15) is 6.61 Å². The molecule has 0 fully saturated rings. The van der Waals surface area contributed by atoms with Gasteiger partial charge < -0.3 is 16.2 Å². The molecule has 6 heteroatoms. The number of anilines is 2. The number of hydrogen-bond acceptors (Lipinski definition) is 6. The summed E-state index contributed by atoms with van der Waals surface area (Å²) in [6, 6.07) is 0. The van der Waals surface area contributed by atoms with Crippen molar-refractivity contribution in [1.82, 2.24) is 15.0 Å². The Morgan fingerprint density at radius 3 is 2.55 bits per heavy atom. The Kier molecular flexibility index (Phi) is 4.02. The minimum Gasteiger partial charge on any atom is -0.482 e. The second-order valence-corrected chi connectivity index (χ2v) is 4.61. The third kappa shape index (κ3) is 2.79.